The summed E-state index contributed by atoms with van der Waals surface area (Å²) < 4.78 is 14.3. The number of rotatable bonds is 5. The van der Waals surface area contributed by atoms with Crippen LogP contribution in [0, 0.1) is 17.1 Å². The van der Waals surface area contributed by atoms with Gasteiger partial charge in [0.2, 0.25) is 0 Å². The van der Waals surface area contributed by atoms with Crippen molar-refractivity contribution in [2.45, 2.75) is 62.7 Å². The van der Waals surface area contributed by atoms with Gasteiger partial charge >= 0.3 is 0 Å². The molecule has 2 aliphatic heterocycles. The molecule has 0 spiro atoms. The van der Waals surface area contributed by atoms with Gasteiger partial charge in [-0.25, -0.2) is 4.39 Å². The molecule has 2 heterocycles. The first-order chi connectivity index (χ1) is 13.7. The second-order valence-corrected chi connectivity index (χ2v) is 8.56. The van der Waals surface area contributed by atoms with Crippen molar-refractivity contribution in [3.63, 3.8) is 0 Å². The van der Waals surface area contributed by atoms with Crippen LogP contribution < -0.4 is 5.32 Å². The quantitative estimate of drug-likeness (QED) is 0.832. The minimum Gasteiger partial charge on any atom is -0.315 e. The van der Waals surface area contributed by atoms with Gasteiger partial charge in [-0.05, 0) is 79.5 Å². The number of hydrogen-bond donors (Lipinski definition) is 1. The van der Waals surface area contributed by atoms with E-state index in [1.54, 1.807) is 6.07 Å². The zero-order chi connectivity index (χ0) is 19.3. The Morgan fingerprint density at radius 2 is 2.04 bits per heavy atom. The SMILES string of the molecule is CN[C@@H]1C[C@@H]2CC[C@H]1N2Cc1cccc(-c2ccc(C#N)c(F)c2)c1C1CC1. The molecule has 3 atom stereocenters. The smallest absolute Gasteiger partial charge is 0.141 e. The van der Waals surface area contributed by atoms with Gasteiger partial charge in [0.1, 0.15) is 11.9 Å². The number of fused-ring (bicyclic) bond motifs is 2. The Labute approximate surface area is 166 Å². The van der Waals surface area contributed by atoms with Gasteiger partial charge in [-0.1, -0.05) is 24.3 Å². The van der Waals surface area contributed by atoms with Crippen molar-refractivity contribution in [2.24, 2.45) is 0 Å². The van der Waals surface area contributed by atoms with E-state index in [0.717, 1.165) is 17.7 Å². The van der Waals surface area contributed by atoms with Crippen LogP contribution in [0.4, 0.5) is 4.39 Å². The summed E-state index contributed by atoms with van der Waals surface area (Å²) in [5.74, 6) is 0.159. The lowest BCUT2D eigenvalue weighted by molar-refractivity contribution is 0.234. The van der Waals surface area contributed by atoms with Crippen LogP contribution in [0.3, 0.4) is 0 Å². The Kier molecular flexibility index (Phi) is 4.45. The number of likely N-dealkylation sites (N-methyl/N-ethyl adjacent to an activating group) is 1. The molecule has 5 rings (SSSR count). The van der Waals surface area contributed by atoms with Crippen molar-refractivity contribution in [3.05, 3.63) is 58.9 Å². The minimum atomic E-state index is -0.429. The van der Waals surface area contributed by atoms with E-state index in [-0.39, 0.29) is 5.56 Å². The van der Waals surface area contributed by atoms with Crippen LogP contribution in [-0.2, 0) is 6.54 Å². The molecule has 2 aromatic carbocycles. The van der Waals surface area contributed by atoms with Gasteiger partial charge in [0.05, 0.1) is 5.56 Å². The number of benzene rings is 2. The first-order valence-electron chi connectivity index (χ1n) is 10.4. The van der Waals surface area contributed by atoms with Crippen LogP contribution in [0.1, 0.15) is 54.7 Å². The summed E-state index contributed by atoms with van der Waals surface area (Å²) in [4.78, 5) is 2.70. The molecule has 3 fully saturated rings. The van der Waals surface area contributed by atoms with E-state index in [4.69, 9.17) is 5.26 Å². The molecule has 0 unspecified atom stereocenters. The Bertz CT molecular complexity index is 943. The Morgan fingerprint density at radius 1 is 1.18 bits per heavy atom. The second kappa shape index (κ2) is 6.99. The number of nitrogens with one attached hydrogen (secondary N) is 1. The van der Waals surface area contributed by atoms with Crippen LogP contribution in [-0.4, -0.2) is 30.1 Å². The van der Waals surface area contributed by atoms with Crippen molar-refractivity contribution >= 4 is 0 Å². The lowest BCUT2D eigenvalue weighted by Crippen LogP contribution is -2.38. The summed E-state index contributed by atoms with van der Waals surface area (Å²) in [6.45, 7) is 0.992. The van der Waals surface area contributed by atoms with E-state index in [9.17, 15) is 4.39 Å². The summed E-state index contributed by atoms with van der Waals surface area (Å²) >= 11 is 0. The van der Waals surface area contributed by atoms with Gasteiger partial charge in [-0.3, -0.25) is 4.90 Å². The second-order valence-electron chi connectivity index (χ2n) is 8.56. The zero-order valence-electron chi connectivity index (χ0n) is 16.3. The third-order valence-corrected chi connectivity index (χ3v) is 6.99. The third-order valence-electron chi connectivity index (χ3n) is 6.99. The van der Waals surface area contributed by atoms with Gasteiger partial charge in [-0.2, -0.15) is 5.26 Å². The number of nitriles is 1. The van der Waals surface area contributed by atoms with Gasteiger partial charge in [0.25, 0.3) is 0 Å². The lowest BCUT2D eigenvalue weighted by Gasteiger charge is -2.26. The van der Waals surface area contributed by atoms with Crippen LogP contribution in [0.2, 0.25) is 0 Å². The Morgan fingerprint density at radius 3 is 2.71 bits per heavy atom. The highest BCUT2D eigenvalue weighted by molar-refractivity contribution is 5.71. The molecule has 28 heavy (non-hydrogen) atoms. The first kappa shape index (κ1) is 17.8. The van der Waals surface area contributed by atoms with Crippen LogP contribution in [0.15, 0.2) is 36.4 Å². The number of nitrogens with zero attached hydrogens (tertiary/aromatic N) is 2. The van der Waals surface area contributed by atoms with Crippen molar-refractivity contribution < 1.29 is 4.39 Å². The predicted molar refractivity (Wildman–Crippen MR) is 108 cm³/mol. The van der Waals surface area contributed by atoms with Crippen molar-refractivity contribution in [2.75, 3.05) is 7.05 Å². The summed E-state index contributed by atoms with van der Waals surface area (Å²) in [5, 5.41) is 12.5. The minimum absolute atomic E-state index is 0.111. The molecule has 2 saturated heterocycles. The molecule has 0 amide bonds. The predicted octanol–water partition coefficient (Wildman–Crippen LogP) is 4.57. The molecular weight excluding hydrogens is 349 g/mol. The van der Waals surface area contributed by atoms with Crippen molar-refractivity contribution in [1.29, 1.82) is 5.26 Å². The fourth-order valence-electron chi connectivity index (χ4n) is 5.48. The molecular formula is C24H26FN3. The molecule has 3 aliphatic rings. The topological polar surface area (TPSA) is 39.1 Å². The maximum Gasteiger partial charge on any atom is 0.141 e. The average Bonchev–Trinajstić information content (AvgIpc) is 3.43. The summed E-state index contributed by atoms with van der Waals surface area (Å²) in [7, 11) is 2.08. The van der Waals surface area contributed by atoms with E-state index >= 15 is 0 Å². The van der Waals surface area contributed by atoms with E-state index in [1.165, 1.54) is 49.3 Å². The van der Waals surface area contributed by atoms with Crippen LogP contribution in [0.25, 0.3) is 11.1 Å². The van der Waals surface area contributed by atoms with E-state index in [2.05, 4.69) is 35.5 Å². The van der Waals surface area contributed by atoms with Gasteiger partial charge < -0.3 is 5.32 Å². The van der Waals surface area contributed by atoms with Gasteiger partial charge in [0, 0.05) is 24.7 Å². The maximum absolute atomic E-state index is 14.3. The highest BCUT2D eigenvalue weighted by Crippen LogP contribution is 2.47. The summed E-state index contributed by atoms with van der Waals surface area (Å²) in [5.41, 5.74) is 4.94. The summed E-state index contributed by atoms with van der Waals surface area (Å²) in [6.07, 6.45) is 6.28. The molecule has 0 aromatic heterocycles. The molecule has 4 heteroatoms. The van der Waals surface area contributed by atoms with E-state index in [0.29, 0.717) is 24.0 Å². The van der Waals surface area contributed by atoms with E-state index < -0.39 is 5.82 Å². The number of hydrogen-bond acceptors (Lipinski definition) is 3. The normalized spacial score (nSPS) is 26.5. The molecule has 1 aliphatic carbocycles. The highest BCUT2D eigenvalue weighted by Gasteiger charge is 2.45. The monoisotopic (exact) mass is 375 g/mol. The largest absolute Gasteiger partial charge is 0.315 e. The molecule has 1 saturated carbocycles. The van der Waals surface area contributed by atoms with Crippen LogP contribution in [0.5, 0.6) is 0 Å². The van der Waals surface area contributed by atoms with Crippen molar-refractivity contribution in [3.8, 4) is 17.2 Å². The molecule has 2 aromatic rings. The fourth-order valence-corrected chi connectivity index (χ4v) is 5.48. The van der Waals surface area contributed by atoms with Gasteiger partial charge in [0.15, 0.2) is 0 Å². The molecule has 2 bridgehead atoms. The maximum atomic E-state index is 14.3. The zero-order valence-corrected chi connectivity index (χ0v) is 16.3. The lowest BCUT2D eigenvalue weighted by atomic mass is 9.91. The third kappa shape index (κ3) is 2.94. The average molecular weight is 375 g/mol. The Hall–Kier alpha value is -2.22. The first-order valence-corrected chi connectivity index (χ1v) is 10.4. The standard InChI is InChI=1S/C24H26FN3/c1-27-22-12-19-9-10-23(22)28(19)14-18-3-2-4-20(24(18)15-5-6-15)16-7-8-17(13-26)21(25)11-16/h2-4,7-8,11,15,19,22-23,27H,5-6,9-10,12,14H2,1H3/t19-,22+,23+/m0/s1. The fraction of sp³-hybridized carbons (Fsp3) is 0.458. The molecule has 1 N–H and O–H groups in total. The van der Waals surface area contributed by atoms with Crippen molar-refractivity contribution in [1.82, 2.24) is 10.2 Å². The molecule has 144 valence electrons. The Balaban J connectivity index is 1.51. The van der Waals surface area contributed by atoms with Gasteiger partial charge in [-0.15, -0.1) is 0 Å². The van der Waals surface area contributed by atoms with Crippen LogP contribution >= 0.6 is 0 Å². The van der Waals surface area contributed by atoms with E-state index in [1.807, 2.05) is 12.1 Å². The number of halogens is 1. The summed E-state index contributed by atoms with van der Waals surface area (Å²) in [6, 6.07) is 15.4. The molecule has 3 nitrogen and oxygen atoms in total. The molecule has 0 radical (unpaired) electrons. The highest BCUT2D eigenvalue weighted by atomic mass is 19.1.